The van der Waals surface area contributed by atoms with Crippen molar-refractivity contribution in [2.24, 2.45) is 0 Å². The Morgan fingerprint density at radius 1 is 0.690 bits per heavy atom. The molecule has 7 heteroatoms. The highest BCUT2D eigenvalue weighted by Gasteiger charge is 2.21. The molecule has 1 saturated heterocycles. The Bertz CT molecular complexity index is 1010. The first-order valence-corrected chi connectivity index (χ1v) is 9.40. The van der Waals surface area contributed by atoms with E-state index in [1.165, 1.54) is 12.1 Å². The molecule has 0 spiro atoms. The van der Waals surface area contributed by atoms with Gasteiger partial charge in [-0.25, -0.2) is 17.6 Å². The molecule has 0 atom stereocenters. The number of ether oxygens (including phenoxy) is 2. The van der Waals surface area contributed by atoms with Gasteiger partial charge in [-0.2, -0.15) is 12.6 Å². The average Bonchev–Trinajstić information content (AvgIpc) is 2.72. The van der Waals surface area contributed by atoms with Crippen molar-refractivity contribution in [3.8, 4) is 22.3 Å². The van der Waals surface area contributed by atoms with Gasteiger partial charge in [0.2, 0.25) is 0 Å². The molecule has 0 amide bonds. The van der Waals surface area contributed by atoms with E-state index < -0.39 is 29.6 Å². The predicted molar refractivity (Wildman–Crippen MR) is 105 cm³/mol. The van der Waals surface area contributed by atoms with E-state index in [9.17, 15) is 17.6 Å². The van der Waals surface area contributed by atoms with E-state index in [2.05, 4.69) is 12.6 Å². The van der Waals surface area contributed by atoms with E-state index in [4.69, 9.17) is 9.47 Å². The molecule has 0 N–H and O–H groups in total. The summed E-state index contributed by atoms with van der Waals surface area (Å²) in [7, 11) is 0. The van der Waals surface area contributed by atoms with Crippen molar-refractivity contribution in [3.63, 3.8) is 0 Å². The molecular weight excluding hydrogens is 404 g/mol. The van der Waals surface area contributed by atoms with Crippen molar-refractivity contribution < 1.29 is 27.0 Å². The maximum Gasteiger partial charge on any atom is 0.194 e. The SMILES string of the molecule is Fc1cc(-c2ccc(C3OCC(S)CO3)cc2)ccc1-c1cc(F)c(F)c(F)c1. The van der Waals surface area contributed by atoms with Gasteiger partial charge in [0.15, 0.2) is 23.7 Å². The lowest BCUT2D eigenvalue weighted by Crippen LogP contribution is -2.27. The summed E-state index contributed by atoms with van der Waals surface area (Å²) in [6.45, 7) is 0.986. The molecule has 1 heterocycles. The molecule has 0 unspecified atom stereocenters. The topological polar surface area (TPSA) is 18.5 Å². The highest BCUT2D eigenvalue weighted by Crippen LogP contribution is 2.31. The zero-order valence-electron chi connectivity index (χ0n) is 15.0. The molecule has 1 aliphatic rings. The van der Waals surface area contributed by atoms with Gasteiger partial charge in [0.05, 0.1) is 13.2 Å². The van der Waals surface area contributed by atoms with E-state index in [0.29, 0.717) is 18.8 Å². The maximum absolute atomic E-state index is 14.6. The monoisotopic (exact) mass is 420 g/mol. The second-order valence-corrected chi connectivity index (χ2v) is 7.45. The Morgan fingerprint density at radius 3 is 1.83 bits per heavy atom. The van der Waals surface area contributed by atoms with Crippen LogP contribution in [-0.4, -0.2) is 18.5 Å². The minimum atomic E-state index is -1.58. The molecule has 0 radical (unpaired) electrons. The lowest BCUT2D eigenvalue weighted by Gasteiger charge is -2.27. The first kappa shape index (κ1) is 19.9. The third-order valence-electron chi connectivity index (χ3n) is 4.66. The summed E-state index contributed by atoms with van der Waals surface area (Å²) in [5.41, 5.74) is 2.08. The Labute approximate surface area is 170 Å². The lowest BCUT2D eigenvalue weighted by molar-refractivity contribution is -0.179. The first-order valence-electron chi connectivity index (χ1n) is 8.88. The molecule has 0 aliphatic carbocycles. The van der Waals surface area contributed by atoms with Gasteiger partial charge in [-0.1, -0.05) is 36.4 Å². The third-order valence-corrected chi connectivity index (χ3v) is 4.96. The molecule has 150 valence electrons. The Hall–Kier alpha value is -2.35. The van der Waals surface area contributed by atoms with E-state index in [1.54, 1.807) is 18.2 Å². The fraction of sp³-hybridized carbons (Fsp3) is 0.182. The fourth-order valence-electron chi connectivity index (χ4n) is 3.16. The molecular formula is C22H16F4O2S. The van der Waals surface area contributed by atoms with Crippen LogP contribution in [0, 0.1) is 23.3 Å². The minimum Gasteiger partial charge on any atom is -0.347 e. The maximum atomic E-state index is 14.6. The molecule has 1 fully saturated rings. The van der Waals surface area contributed by atoms with Crippen LogP contribution in [0.1, 0.15) is 11.9 Å². The van der Waals surface area contributed by atoms with Gasteiger partial charge >= 0.3 is 0 Å². The molecule has 3 aromatic carbocycles. The van der Waals surface area contributed by atoms with Crippen LogP contribution in [0.15, 0.2) is 54.6 Å². The van der Waals surface area contributed by atoms with Crippen LogP contribution in [0.3, 0.4) is 0 Å². The van der Waals surface area contributed by atoms with E-state index >= 15 is 0 Å². The number of halogens is 4. The molecule has 4 rings (SSSR count). The highest BCUT2D eigenvalue weighted by molar-refractivity contribution is 7.81. The van der Waals surface area contributed by atoms with Crippen LogP contribution in [0.4, 0.5) is 17.6 Å². The normalized spacial score (nSPS) is 19.3. The number of hydrogen-bond acceptors (Lipinski definition) is 3. The standard InChI is InChI=1S/C22H16F4O2S/c23-18-7-14(5-6-17(18)15-8-19(24)21(26)20(25)9-15)12-1-3-13(4-2-12)22-27-10-16(29)11-28-22/h1-9,16,22,29H,10-11H2. The fourth-order valence-corrected chi connectivity index (χ4v) is 3.33. The summed E-state index contributed by atoms with van der Waals surface area (Å²) in [6, 6.07) is 13.1. The van der Waals surface area contributed by atoms with Gasteiger partial charge in [0.1, 0.15) is 5.82 Å². The molecule has 29 heavy (non-hydrogen) atoms. The molecule has 1 aliphatic heterocycles. The summed E-state index contributed by atoms with van der Waals surface area (Å²) >= 11 is 4.29. The molecule has 0 saturated carbocycles. The lowest BCUT2D eigenvalue weighted by atomic mass is 9.98. The second-order valence-electron chi connectivity index (χ2n) is 6.72. The van der Waals surface area contributed by atoms with Gasteiger partial charge in [-0.05, 0) is 34.9 Å². The van der Waals surface area contributed by atoms with Crippen LogP contribution >= 0.6 is 12.6 Å². The summed E-state index contributed by atoms with van der Waals surface area (Å²) in [5, 5.41) is 0.0510. The third kappa shape index (κ3) is 4.17. The number of rotatable bonds is 3. The van der Waals surface area contributed by atoms with Crippen molar-refractivity contribution in [3.05, 3.63) is 83.4 Å². The van der Waals surface area contributed by atoms with Gasteiger partial charge < -0.3 is 9.47 Å². The Morgan fingerprint density at radius 2 is 1.24 bits per heavy atom. The predicted octanol–water partition coefficient (Wildman–Crippen LogP) is 5.92. The Kier molecular flexibility index (Phi) is 5.63. The second kappa shape index (κ2) is 8.18. The van der Waals surface area contributed by atoms with Crippen molar-refractivity contribution in [1.82, 2.24) is 0 Å². The largest absolute Gasteiger partial charge is 0.347 e. The smallest absolute Gasteiger partial charge is 0.194 e. The van der Waals surface area contributed by atoms with E-state index in [0.717, 1.165) is 23.3 Å². The zero-order valence-corrected chi connectivity index (χ0v) is 15.9. The number of thiol groups is 1. The molecule has 0 bridgehead atoms. The highest BCUT2D eigenvalue weighted by atomic mass is 32.1. The van der Waals surface area contributed by atoms with Crippen LogP contribution in [-0.2, 0) is 9.47 Å². The molecule has 0 aromatic heterocycles. The Balaban J connectivity index is 1.58. The van der Waals surface area contributed by atoms with Gasteiger partial charge in [-0.15, -0.1) is 0 Å². The molecule has 2 nitrogen and oxygen atoms in total. The van der Waals surface area contributed by atoms with Crippen molar-refractivity contribution in [2.75, 3.05) is 13.2 Å². The summed E-state index contributed by atoms with van der Waals surface area (Å²) in [6.07, 6.45) is -0.463. The van der Waals surface area contributed by atoms with Gasteiger partial charge in [0, 0.05) is 16.4 Å². The van der Waals surface area contributed by atoms with Crippen molar-refractivity contribution in [1.29, 1.82) is 0 Å². The van der Waals surface area contributed by atoms with Crippen molar-refractivity contribution in [2.45, 2.75) is 11.5 Å². The summed E-state index contributed by atoms with van der Waals surface area (Å²) in [5.74, 6) is -4.98. The van der Waals surface area contributed by atoms with Crippen LogP contribution in [0.5, 0.6) is 0 Å². The first-order chi connectivity index (χ1) is 13.9. The quantitative estimate of drug-likeness (QED) is 0.322. The van der Waals surface area contributed by atoms with Crippen LogP contribution < -0.4 is 0 Å². The number of benzene rings is 3. The molecule has 3 aromatic rings. The zero-order chi connectivity index (χ0) is 20.5. The van der Waals surface area contributed by atoms with E-state index in [-0.39, 0.29) is 16.4 Å². The van der Waals surface area contributed by atoms with Crippen molar-refractivity contribution >= 4 is 12.6 Å². The summed E-state index contributed by atoms with van der Waals surface area (Å²) < 4.78 is 65.8. The van der Waals surface area contributed by atoms with E-state index in [1.807, 2.05) is 12.1 Å². The number of hydrogen-bond donors (Lipinski definition) is 1. The minimum absolute atomic E-state index is 0.0199. The van der Waals surface area contributed by atoms with Gasteiger partial charge in [-0.3, -0.25) is 0 Å². The average molecular weight is 420 g/mol. The van der Waals surface area contributed by atoms with Crippen LogP contribution in [0.2, 0.25) is 0 Å². The van der Waals surface area contributed by atoms with Gasteiger partial charge in [0.25, 0.3) is 0 Å². The van der Waals surface area contributed by atoms with Crippen LogP contribution in [0.25, 0.3) is 22.3 Å². The summed E-state index contributed by atoms with van der Waals surface area (Å²) in [4.78, 5) is 0.